The molecule has 21 heavy (non-hydrogen) atoms. The van der Waals surface area contributed by atoms with Crippen molar-refractivity contribution in [1.82, 2.24) is 0 Å². The zero-order valence-corrected chi connectivity index (χ0v) is 13.3. The van der Waals surface area contributed by atoms with Gasteiger partial charge in [0.1, 0.15) is 6.10 Å². The van der Waals surface area contributed by atoms with Gasteiger partial charge in [-0.05, 0) is 68.1 Å². The maximum absolute atomic E-state index is 11.6. The van der Waals surface area contributed by atoms with Crippen molar-refractivity contribution in [3.63, 3.8) is 0 Å². The fraction of sp³-hybridized carbons (Fsp3) is 0.944. The number of ether oxygens (including phenoxy) is 1. The van der Waals surface area contributed by atoms with E-state index in [0.29, 0.717) is 18.3 Å². The lowest BCUT2D eigenvalue weighted by atomic mass is 9.48. The normalized spacial score (nSPS) is 56.1. The molecule has 3 saturated carbocycles. The third-order valence-electron chi connectivity index (χ3n) is 7.87. The van der Waals surface area contributed by atoms with Crippen LogP contribution >= 0.6 is 0 Å². The first-order valence-electron chi connectivity index (χ1n) is 8.83. The van der Waals surface area contributed by atoms with E-state index in [1.165, 1.54) is 19.3 Å². The summed E-state index contributed by atoms with van der Waals surface area (Å²) in [4.78, 5) is 11.6. The largest absolute Gasteiger partial charge is 0.462 e. The van der Waals surface area contributed by atoms with Gasteiger partial charge in [-0.3, -0.25) is 4.79 Å². The number of carbonyl (C=O) groups is 1. The lowest BCUT2D eigenvalue weighted by Crippen LogP contribution is -2.56. The number of fused-ring (bicyclic) bond motifs is 5. The molecule has 0 aromatic heterocycles. The van der Waals surface area contributed by atoms with Crippen molar-refractivity contribution in [2.45, 2.75) is 77.4 Å². The van der Waals surface area contributed by atoms with E-state index in [0.717, 1.165) is 31.6 Å². The molecule has 3 heteroatoms. The minimum Gasteiger partial charge on any atom is -0.462 e. The molecule has 0 aromatic rings. The smallest absolute Gasteiger partial charge is 0.306 e. The average Bonchev–Trinajstić information content (AvgIpc) is 2.76. The van der Waals surface area contributed by atoms with Crippen molar-refractivity contribution >= 4 is 5.97 Å². The Kier molecular flexibility index (Phi) is 2.99. The highest BCUT2D eigenvalue weighted by molar-refractivity contribution is 5.70. The molecule has 1 N–H and O–H groups in total. The Bertz CT molecular complexity index is 461. The summed E-state index contributed by atoms with van der Waals surface area (Å²) in [6.45, 7) is 4.69. The summed E-state index contributed by atoms with van der Waals surface area (Å²) >= 11 is 0. The SMILES string of the molecule is C[C@]12CCC(=O)O[C@@H]1CC[C@@H]1[C@@H]2CC[C@]2(C)[C@@H](O)CC[C@@H]12. The predicted molar refractivity (Wildman–Crippen MR) is 79.5 cm³/mol. The molecule has 0 aromatic carbocycles. The van der Waals surface area contributed by atoms with Crippen LogP contribution in [0.3, 0.4) is 0 Å². The number of aliphatic hydroxyl groups excluding tert-OH is 1. The molecule has 0 radical (unpaired) electrons. The Morgan fingerprint density at radius 1 is 1.00 bits per heavy atom. The average molecular weight is 292 g/mol. The van der Waals surface area contributed by atoms with Gasteiger partial charge < -0.3 is 9.84 Å². The Morgan fingerprint density at radius 3 is 2.57 bits per heavy atom. The second kappa shape index (κ2) is 4.47. The van der Waals surface area contributed by atoms with Gasteiger partial charge in [0, 0.05) is 11.8 Å². The van der Waals surface area contributed by atoms with Gasteiger partial charge in [-0.2, -0.15) is 0 Å². The van der Waals surface area contributed by atoms with Crippen molar-refractivity contribution in [3.05, 3.63) is 0 Å². The number of carbonyl (C=O) groups excluding carboxylic acids is 1. The van der Waals surface area contributed by atoms with Crippen molar-refractivity contribution in [2.24, 2.45) is 28.6 Å². The number of hydrogen-bond acceptors (Lipinski definition) is 3. The summed E-state index contributed by atoms with van der Waals surface area (Å²) < 4.78 is 5.71. The third kappa shape index (κ3) is 1.79. The van der Waals surface area contributed by atoms with E-state index in [1.807, 2.05) is 0 Å². The third-order valence-corrected chi connectivity index (χ3v) is 7.87. The Morgan fingerprint density at radius 2 is 1.76 bits per heavy atom. The number of esters is 1. The molecule has 1 heterocycles. The Balaban J connectivity index is 1.64. The number of hydrogen-bond donors (Lipinski definition) is 1. The summed E-state index contributed by atoms with van der Waals surface area (Å²) in [6.07, 6.45) is 8.41. The quantitative estimate of drug-likeness (QED) is 0.697. The van der Waals surface area contributed by atoms with Gasteiger partial charge in [0.25, 0.3) is 0 Å². The lowest BCUT2D eigenvalue weighted by Gasteiger charge is -2.59. The molecule has 118 valence electrons. The molecule has 3 nitrogen and oxygen atoms in total. The van der Waals surface area contributed by atoms with Crippen molar-refractivity contribution < 1.29 is 14.6 Å². The lowest BCUT2D eigenvalue weighted by molar-refractivity contribution is -0.193. The van der Waals surface area contributed by atoms with Crippen LogP contribution in [0.25, 0.3) is 0 Å². The molecule has 0 amide bonds. The van der Waals surface area contributed by atoms with E-state index in [2.05, 4.69) is 13.8 Å². The Hall–Kier alpha value is -0.570. The highest BCUT2D eigenvalue weighted by atomic mass is 16.5. The van der Waals surface area contributed by atoms with Gasteiger partial charge in [-0.1, -0.05) is 13.8 Å². The predicted octanol–water partition coefficient (Wildman–Crippen LogP) is 3.30. The number of aliphatic hydroxyl groups is 1. The molecule has 4 fully saturated rings. The van der Waals surface area contributed by atoms with E-state index in [9.17, 15) is 9.90 Å². The number of rotatable bonds is 0. The summed E-state index contributed by atoms with van der Waals surface area (Å²) in [7, 11) is 0. The minimum atomic E-state index is -0.0989. The van der Waals surface area contributed by atoms with Crippen LogP contribution in [0.15, 0.2) is 0 Å². The maximum atomic E-state index is 11.6. The van der Waals surface area contributed by atoms with Gasteiger partial charge in [0.2, 0.25) is 0 Å². The van der Waals surface area contributed by atoms with Gasteiger partial charge in [0.05, 0.1) is 6.10 Å². The molecule has 1 saturated heterocycles. The van der Waals surface area contributed by atoms with Crippen LogP contribution in [-0.2, 0) is 9.53 Å². The summed E-state index contributed by atoms with van der Waals surface area (Å²) in [6, 6.07) is 0. The van der Waals surface area contributed by atoms with E-state index in [4.69, 9.17) is 4.74 Å². The molecule has 3 aliphatic carbocycles. The van der Waals surface area contributed by atoms with Crippen molar-refractivity contribution in [3.8, 4) is 0 Å². The highest BCUT2D eigenvalue weighted by Gasteiger charge is 2.60. The van der Waals surface area contributed by atoms with Crippen LogP contribution in [0.1, 0.15) is 65.2 Å². The van der Waals surface area contributed by atoms with E-state index < -0.39 is 0 Å². The molecular formula is C18H28O3. The van der Waals surface area contributed by atoms with E-state index >= 15 is 0 Å². The van der Waals surface area contributed by atoms with Crippen LogP contribution in [0.2, 0.25) is 0 Å². The monoisotopic (exact) mass is 292 g/mol. The molecule has 0 unspecified atom stereocenters. The Labute approximate surface area is 127 Å². The molecule has 1 aliphatic heterocycles. The van der Waals surface area contributed by atoms with Crippen LogP contribution < -0.4 is 0 Å². The first kappa shape index (κ1) is 14.0. The molecule has 4 rings (SSSR count). The van der Waals surface area contributed by atoms with E-state index in [1.54, 1.807) is 0 Å². The highest BCUT2D eigenvalue weighted by Crippen LogP contribution is 2.64. The summed E-state index contributed by atoms with van der Waals surface area (Å²) in [5, 5.41) is 10.4. The van der Waals surface area contributed by atoms with Crippen LogP contribution in [-0.4, -0.2) is 23.3 Å². The first-order valence-corrected chi connectivity index (χ1v) is 8.83. The molecule has 7 atom stereocenters. The van der Waals surface area contributed by atoms with Gasteiger partial charge in [-0.15, -0.1) is 0 Å². The van der Waals surface area contributed by atoms with Crippen LogP contribution in [0.4, 0.5) is 0 Å². The second-order valence-electron chi connectivity index (χ2n) is 8.58. The van der Waals surface area contributed by atoms with Crippen LogP contribution in [0.5, 0.6) is 0 Å². The zero-order chi connectivity index (χ0) is 14.8. The molecule has 0 spiro atoms. The summed E-state index contributed by atoms with van der Waals surface area (Å²) in [5.74, 6) is 2.11. The van der Waals surface area contributed by atoms with Gasteiger partial charge in [-0.25, -0.2) is 0 Å². The molecular weight excluding hydrogens is 264 g/mol. The van der Waals surface area contributed by atoms with Crippen molar-refractivity contribution in [1.29, 1.82) is 0 Å². The standard InChI is InChI=1S/C18H28O3/c1-17-9-7-13-11(12(17)4-5-14(17)19)3-6-15-18(13,2)10-8-16(20)21-15/h11-15,19H,3-10H2,1-2H3/t11-,12-,13-,14-,15+,17-,18+/m0/s1. The molecule has 4 aliphatic rings. The summed E-state index contributed by atoms with van der Waals surface area (Å²) in [5.41, 5.74) is 0.335. The van der Waals surface area contributed by atoms with Crippen LogP contribution in [0, 0.1) is 28.6 Å². The molecule has 0 bridgehead atoms. The van der Waals surface area contributed by atoms with Crippen molar-refractivity contribution in [2.75, 3.05) is 0 Å². The first-order chi connectivity index (χ1) is 9.95. The zero-order valence-electron chi connectivity index (χ0n) is 13.3. The topological polar surface area (TPSA) is 46.5 Å². The fourth-order valence-electron chi connectivity index (χ4n) is 6.52. The maximum Gasteiger partial charge on any atom is 0.306 e. The minimum absolute atomic E-state index is 0.00728. The second-order valence-corrected chi connectivity index (χ2v) is 8.58. The van der Waals surface area contributed by atoms with Gasteiger partial charge in [0.15, 0.2) is 0 Å². The fourth-order valence-corrected chi connectivity index (χ4v) is 6.52. The van der Waals surface area contributed by atoms with Gasteiger partial charge >= 0.3 is 5.97 Å². The van der Waals surface area contributed by atoms with E-state index in [-0.39, 0.29) is 29.0 Å².